The van der Waals surface area contributed by atoms with Gasteiger partial charge in [-0.25, -0.2) is 0 Å². The van der Waals surface area contributed by atoms with Crippen LogP contribution in [0, 0.1) is 0 Å². The molecular formula is C19H26N2. The van der Waals surface area contributed by atoms with Crippen LogP contribution in [0.2, 0.25) is 0 Å². The van der Waals surface area contributed by atoms with Crippen LogP contribution in [0.5, 0.6) is 0 Å². The second kappa shape index (κ2) is 7.96. The molecule has 2 heteroatoms. The van der Waals surface area contributed by atoms with Crippen LogP contribution in [0.1, 0.15) is 30.5 Å². The molecular weight excluding hydrogens is 256 g/mol. The zero-order valence-corrected chi connectivity index (χ0v) is 13.3. The second-order valence-electron chi connectivity index (χ2n) is 5.55. The molecule has 0 aliphatic rings. The van der Waals surface area contributed by atoms with Gasteiger partial charge < -0.3 is 5.32 Å². The third-order valence-corrected chi connectivity index (χ3v) is 4.11. The van der Waals surface area contributed by atoms with Crippen molar-refractivity contribution in [2.75, 3.05) is 14.1 Å². The summed E-state index contributed by atoms with van der Waals surface area (Å²) >= 11 is 0. The number of likely N-dealkylation sites (N-methyl/N-ethyl adjacent to an activating group) is 2. The van der Waals surface area contributed by atoms with Crippen LogP contribution in [0.15, 0.2) is 60.7 Å². The fourth-order valence-electron chi connectivity index (χ4n) is 3.03. The van der Waals surface area contributed by atoms with E-state index in [9.17, 15) is 0 Å². The fraction of sp³-hybridized carbons (Fsp3) is 0.368. The van der Waals surface area contributed by atoms with E-state index in [4.69, 9.17) is 0 Å². The number of nitrogens with zero attached hydrogens (tertiary/aromatic N) is 1. The molecule has 0 radical (unpaired) electrons. The first-order valence-corrected chi connectivity index (χ1v) is 7.72. The van der Waals surface area contributed by atoms with Gasteiger partial charge >= 0.3 is 0 Å². The number of hydrogen-bond acceptors (Lipinski definition) is 2. The summed E-state index contributed by atoms with van der Waals surface area (Å²) in [4.78, 5) is 2.45. The zero-order chi connectivity index (χ0) is 15.1. The van der Waals surface area contributed by atoms with Gasteiger partial charge in [0.25, 0.3) is 0 Å². The Bertz CT molecular complexity index is 510. The minimum atomic E-state index is 0.352. The topological polar surface area (TPSA) is 15.3 Å². The third kappa shape index (κ3) is 4.16. The van der Waals surface area contributed by atoms with Crippen LogP contribution in [0.3, 0.4) is 0 Å². The highest BCUT2D eigenvalue weighted by Crippen LogP contribution is 2.23. The standard InChI is InChI=1S/C19H26N2/c1-4-18(19(20-2)17-13-9-6-10-14-17)21(3)15-16-11-7-5-8-12-16/h5-14,18-20H,4,15H2,1-3H3. The lowest BCUT2D eigenvalue weighted by atomic mass is 9.96. The largest absolute Gasteiger partial charge is 0.312 e. The molecule has 0 aliphatic heterocycles. The summed E-state index contributed by atoms with van der Waals surface area (Å²) in [5, 5.41) is 3.49. The summed E-state index contributed by atoms with van der Waals surface area (Å²) in [5.74, 6) is 0. The van der Waals surface area contributed by atoms with E-state index in [1.54, 1.807) is 0 Å². The summed E-state index contributed by atoms with van der Waals surface area (Å²) in [6.45, 7) is 3.24. The smallest absolute Gasteiger partial charge is 0.0475 e. The molecule has 2 aromatic rings. The molecule has 2 unspecified atom stereocenters. The lowest BCUT2D eigenvalue weighted by Crippen LogP contribution is -2.41. The van der Waals surface area contributed by atoms with E-state index in [1.807, 2.05) is 0 Å². The Hall–Kier alpha value is -1.64. The number of benzene rings is 2. The third-order valence-electron chi connectivity index (χ3n) is 4.11. The molecule has 2 atom stereocenters. The first-order chi connectivity index (χ1) is 10.3. The average molecular weight is 282 g/mol. The van der Waals surface area contributed by atoms with Crippen LogP contribution < -0.4 is 5.32 Å². The van der Waals surface area contributed by atoms with E-state index in [0.29, 0.717) is 12.1 Å². The molecule has 0 aliphatic carbocycles. The highest BCUT2D eigenvalue weighted by molar-refractivity contribution is 5.21. The Balaban J connectivity index is 2.13. The van der Waals surface area contributed by atoms with Gasteiger partial charge in [-0.3, -0.25) is 4.90 Å². The van der Waals surface area contributed by atoms with Gasteiger partial charge in [0, 0.05) is 18.6 Å². The maximum atomic E-state index is 3.49. The first-order valence-electron chi connectivity index (χ1n) is 7.72. The van der Waals surface area contributed by atoms with Gasteiger partial charge in [-0.1, -0.05) is 67.6 Å². The van der Waals surface area contributed by atoms with Crippen LogP contribution in [-0.2, 0) is 6.54 Å². The molecule has 112 valence electrons. The summed E-state index contributed by atoms with van der Waals surface area (Å²) in [6.07, 6.45) is 1.11. The van der Waals surface area contributed by atoms with Crippen molar-refractivity contribution in [3.05, 3.63) is 71.8 Å². The normalized spacial score (nSPS) is 14.1. The molecule has 2 aromatic carbocycles. The molecule has 0 aromatic heterocycles. The van der Waals surface area contributed by atoms with Gasteiger partial charge in [0.15, 0.2) is 0 Å². The Morgan fingerprint density at radius 2 is 1.52 bits per heavy atom. The minimum Gasteiger partial charge on any atom is -0.312 e. The number of hydrogen-bond donors (Lipinski definition) is 1. The SMILES string of the molecule is CCC(C(NC)c1ccccc1)N(C)Cc1ccccc1. The number of rotatable bonds is 7. The second-order valence-corrected chi connectivity index (χ2v) is 5.55. The van der Waals surface area contributed by atoms with Crippen molar-refractivity contribution in [1.29, 1.82) is 0 Å². The van der Waals surface area contributed by atoms with Crippen molar-refractivity contribution >= 4 is 0 Å². The molecule has 0 saturated carbocycles. The maximum Gasteiger partial charge on any atom is 0.0475 e. The van der Waals surface area contributed by atoms with Crippen molar-refractivity contribution in [3.8, 4) is 0 Å². The Morgan fingerprint density at radius 3 is 2.05 bits per heavy atom. The van der Waals surface area contributed by atoms with Crippen molar-refractivity contribution in [3.63, 3.8) is 0 Å². The van der Waals surface area contributed by atoms with E-state index in [0.717, 1.165) is 13.0 Å². The summed E-state index contributed by atoms with van der Waals surface area (Å²) in [7, 11) is 4.27. The van der Waals surface area contributed by atoms with Gasteiger partial charge in [-0.05, 0) is 31.6 Å². The molecule has 2 nitrogen and oxygen atoms in total. The van der Waals surface area contributed by atoms with E-state index in [-0.39, 0.29) is 0 Å². The molecule has 0 spiro atoms. The quantitative estimate of drug-likeness (QED) is 0.829. The van der Waals surface area contributed by atoms with Crippen LogP contribution in [0.4, 0.5) is 0 Å². The molecule has 0 saturated heterocycles. The van der Waals surface area contributed by atoms with Gasteiger partial charge in [-0.2, -0.15) is 0 Å². The zero-order valence-electron chi connectivity index (χ0n) is 13.3. The predicted molar refractivity (Wildman–Crippen MR) is 90.2 cm³/mol. The minimum absolute atomic E-state index is 0.352. The predicted octanol–water partition coefficient (Wildman–Crippen LogP) is 3.86. The lowest BCUT2D eigenvalue weighted by molar-refractivity contribution is 0.183. The lowest BCUT2D eigenvalue weighted by Gasteiger charge is -2.34. The van der Waals surface area contributed by atoms with Crippen molar-refractivity contribution in [1.82, 2.24) is 10.2 Å². The van der Waals surface area contributed by atoms with E-state index >= 15 is 0 Å². The summed E-state index contributed by atoms with van der Waals surface area (Å²) in [5.41, 5.74) is 2.72. The van der Waals surface area contributed by atoms with Gasteiger partial charge in [0.1, 0.15) is 0 Å². The maximum absolute atomic E-state index is 3.49. The molecule has 2 rings (SSSR count). The molecule has 0 amide bonds. The van der Waals surface area contributed by atoms with Crippen molar-refractivity contribution in [2.24, 2.45) is 0 Å². The summed E-state index contributed by atoms with van der Waals surface area (Å²) in [6, 6.07) is 22.2. The Morgan fingerprint density at radius 1 is 0.952 bits per heavy atom. The molecule has 0 fully saturated rings. The van der Waals surface area contributed by atoms with Crippen LogP contribution in [0.25, 0.3) is 0 Å². The molecule has 1 N–H and O–H groups in total. The van der Waals surface area contributed by atoms with Crippen LogP contribution in [-0.4, -0.2) is 25.0 Å². The Labute approximate surface area is 128 Å². The average Bonchev–Trinajstić information content (AvgIpc) is 2.54. The van der Waals surface area contributed by atoms with Gasteiger partial charge in [0.2, 0.25) is 0 Å². The van der Waals surface area contributed by atoms with Crippen molar-refractivity contribution in [2.45, 2.75) is 32.0 Å². The monoisotopic (exact) mass is 282 g/mol. The number of nitrogens with one attached hydrogen (secondary N) is 1. The highest BCUT2D eigenvalue weighted by atomic mass is 15.2. The Kier molecular flexibility index (Phi) is 5.97. The van der Waals surface area contributed by atoms with E-state index in [2.05, 4.69) is 91.9 Å². The van der Waals surface area contributed by atoms with Crippen molar-refractivity contribution < 1.29 is 0 Å². The summed E-state index contributed by atoms with van der Waals surface area (Å²) < 4.78 is 0. The van der Waals surface area contributed by atoms with E-state index in [1.165, 1.54) is 11.1 Å². The highest BCUT2D eigenvalue weighted by Gasteiger charge is 2.23. The molecule has 0 bridgehead atoms. The molecule has 0 heterocycles. The van der Waals surface area contributed by atoms with Crippen LogP contribution >= 0.6 is 0 Å². The van der Waals surface area contributed by atoms with Gasteiger partial charge in [-0.15, -0.1) is 0 Å². The van der Waals surface area contributed by atoms with E-state index < -0.39 is 0 Å². The molecule has 21 heavy (non-hydrogen) atoms. The fourth-order valence-corrected chi connectivity index (χ4v) is 3.03. The van der Waals surface area contributed by atoms with Gasteiger partial charge in [0.05, 0.1) is 0 Å². The first kappa shape index (κ1) is 15.7.